The van der Waals surface area contributed by atoms with Gasteiger partial charge in [0.1, 0.15) is 0 Å². The maximum absolute atomic E-state index is 12.1. The first-order chi connectivity index (χ1) is 8.49. The van der Waals surface area contributed by atoms with E-state index in [1.807, 2.05) is 32.0 Å². The Kier molecular flexibility index (Phi) is 3.06. The zero-order valence-electron chi connectivity index (χ0n) is 10.7. The van der Waals surface area contributed by atoms with Crippen molar-refractivity contribution in [2.24, 2.45) is 7.05 Å². The number of para-hydroxylation sites is 1. The minimum Gasteiger partial charge on any atom is -0.396 e. The summed E-state index contributed by atoms with van der Waals surface area (Å²) in [6, 6.07) is 5.85. The Labute approximate surface area is 106 Å². The van der Waals surface area contributed by atoms with Crippen molar-refractivity contribution in [3.8, 4) is 0 Å². The highest BCUT2D eigenvalue weighted by Gasteiger charge is 2.15. The fourth-order valence-electron chi connectivity index (χ4n) is 1.87. The van der Waals surface area contributed by atoms with Gasteiger partial charge in [0.15, 0.2) is 5.69 Å². The van der Waals surface area contributed by atoms with Gasteiger partial charge in [0.25, 0.3) is 5.91 Å². The SMILES string of the molecule is Cc1cccc(C)c1NC(=O)c1nn(C)cc1N. The van der Waals surface area contributed by atoms with Crippen molar-refractivity contribution in [2.45, 2.75) is 13.8 Å². The number of nitrogens with zero attached hydrogens (tertiary/aromatic N) is 2. The van der Waals surface area contributed by atoms with Gasteiger partial charge in [-0.3, -0.25) is 9.48 Å². The molecule has 0 aliphatic heterocycles. The molecule has 94 valence electrons. The Balaban J connectivity index is 2.30. The predicted molar refractivity (Wildman–Crippen MR) is 71.5 cm³/mol. The van der Waals surface area contributed by atoms with Gasteiger partial charge < -0.3 is 11.1 Å². The van der Waals surface area contributed by atoms with Crippen LogP contribution in [-0.2, 0) is 7.05 Å². The fraction of sp³-hybridized carbons (Fsp3) is 0.231. The standard InChI is InChI=1S/C13H16N4O/c1-8-5-4-6-9(2)11(8)15-13(18)12-10(14)7-17(3)16-12/h4-7H,14H2,1-3H3,(H,15,18). The van der Waals surface area contributed by atoms with Crippen molar-refractivity contribution in [1.29, 1.82) is 0 Å². The summed E-state index contributed by atoms with van der Waals surface area (Å²) in [6.45, 7) is 3.90. The highest BCUT2D eigenvalue weighted by Crippen LogP contribution is 2.21. The number of hydrogen-bond donors (Lipinski definition) is 2. The van der Waals surface area contributed by atoms with Crippen LogP contribution in [0.1, 0.15) is 21.6 Å². The number of benzene rings is 1. The van der Waals surface area contributed by atoms with E-state index < -0.39 is 0 Å². The summed E-state index contributed by atoms with van der Waals surface area (Å²) < 4.78 is 1.52. The van der Waals surface area contributed by atoms with Gasteiger partial charge in [0.05, 0.1) is 5.69 Å². The lowest BCUT2D eigenvalue weighted by molar-refractivity contribution is 0.102. The highest BCUT2D eigenvalue weighted by atomic mass is 16.2. The van der Waals surface area contributed by atoms with Gasteiger partial charge in [0.2, 0.25) is 0 Å². The van der Waals surface area contributed by atoms with Gasteiger partial charge in [-0.25, -0.2) is 0 Å². The van der Waals surface area contributed by atoms with Crippen LogP contribution in [0.15, 0.2) is 24.4 Å². The van der Waals surface area contributed by atoms with Crippen molar-refractivity contribution < 1.29 is 4.79 Å². The summed E-state index contributed by atoms with van der Waals surface area (Å²) in [6.07, 6.45) is 1.61. The highest BCUT2D eigenvalue weighted by molar-refractivity contribution is 6.06. The molecule has 0 aliphatic rings. The van der Waals surface area contributed by atoms with Crippen LogP contribution in [-0.4, -0.2) is 15.7 Å². The number of amides is 1. The van der Waals surface area contributed by atoms with E-state index in [1.165, 1.54) is 4.68 Å². The molecule has 2 rings (SSSR count). The number of rotatable bonds is 2. The number of carbonyl (C=O) groups is 1. The maximum atomic E-state index is 12.1. The summed E-state index contributed by atoms with van der Waals surface area (Å²) in [5, 5.41) is 6.90. The molecule has 5 nitrogen and oxygen atoms in total. The Morgan fingerprint density at radius 3 is 2.44 bits per heavy atom. The molecule has 3 N–H and O–H groups in total. The van der Waals surface area contributed by atoms with Gasteiger partial charge >= 0.3 is 0 Å². The molecule has 1 aromatic heterocycles. The van der Waals surface area contributed by atoms with Crippen molar-refractivity contribution in [3.05, 3.63) is 41.2 Å². The number of aryl methyl sites for hydroxylation is 3. The van der Waals surface area contributed by atoms with Gasteiger partial charge in [-0.2, -0.15) is 5.10 Å². The lowest BCUT2D eigenvalue weighted by Crippen LogP contribution is -2.16. The second kappa shape index (κ2) is 4.52. The number of aromatic nitrogens is 2. The molecule has 1 heterocycles. The van der Waals surface area contributed by atoms with Crippen LogP contribution in [0.4, 0.5) is 11.4 Å². The van der Waals surface area contributed by atoms with Crippen LogP contribution < -0.4 is 11.1 Å². The second-order valence-corrected chi connectivity index (χ2v) is 4.33. The molecule has 2 aromatic rings. The van der Waals surface area contributed by atoms with E-state index in [0.717, 1.165) is 16.8 Å². The zero-order valence-corrected chi connectivity index (χ0v) is 10.7. The van der Waals surface area contributed by atoms with E-state index in [4.69, 9.17) is 5.73 Å². The Hall–Kier alpha value is -2.30. The first-order valence-corrected chi connectivity index (χ1v) is 5.65. The van der Waals surface area contributed by atoms with Gasteiger partial charge in [-0.05, 0) is 25.0 Å². The average Bonchev–Trinajstić information content (AvgIpc) is 2.63. The van der Waals surface area contributed by atoms with Crippen LogP contribution in [0.25, 0.3) is 0 Å². The van der Waals surface area contributed by atoms with Crippen molar-refractivity contribution in [2.75, 3.05) is 11.1 Å². The molecule has 0 aliphatic carbocycles. The molecule has 0 saturated carbocycles. The zero-order chi connectivity index (χ0) is 13.3. The molecule has 18 heavy (non-hydrogen) atoms. The average molecular weight is 244 g/mol. The summed E-state index contributed by atoms with van der Waals surface area (Å²) in [5.74, 6) is -0.287. The van der Waals surface area contributed by atoms with Crippen molar-refractivity contribution >= 4 is 17.3 Å². The number of carbonyl (C=O) groups excluding carboxylic acids is 1. The minimum absolute atomic E-state index is 0.250. The molecule has 0 bridgehead atoms. The van der Waals surface area contributed by atoms with Crippen molar-refractivity contribution in [3.63, 3.8) is 0 Å². The fourth-order valence-corrected chi connectivity index (χ4v) is 1.87. The number of hydrogen-bond acceptors (Lipinski definition) is 3. The van der Waals surface area contributed by atoms with Gasteiger partial charge in [-0.15, -0.1) is 0 Å². The number of nitrogens with one attached hydrogen (secondary N) is 1. The molecular formula is C13H16N4O. The van der Waals surface area contributed by atoms with E-state index in [0.29, 0.717) is 5.69 Å². The molecule has 1 aromatic carbocycles. The van der Waals surface area contributed by atoms with Crippen LogP contribution in [0.3, 0.4) is 0 Å². The monoisotopic (exact) mass is 244 g/mol. The molecule has 0 atom stereocenters. The maximum Gasteiger partial charge on any atom is 0.278 e. The largest absolute Gasteiger partial charge is 0.396 e. The minimum atomic E-state index is -0.287. The van der Waals surface area contributed by atoms with E-state index >= 15 is 0 Å². The Morgan fingerprint density at radius 2 is 1.94 bits per heavy atom. The van der Waals surface area contributed by atoms with E-state index in [1.54, 1.807) is 13.2 Å². The normalized spacial score (nSPS) is 10.4. The summed E-state index contributed by atoms with van der Waals surface area (Å²) in [7, 11) is 1.73. The molecule has 0 spiro atoms. The summed E-state index contributed by atoms with van der Waals surface area (Å²) in [5.41, 5.74) is 9.19. The van der Waals surface area contributed by atoms with Gasteiger partial charge in [0, 0.05) is 18.9 Å². The third-order valence-corrected chi connectivity index (χ3v) is 2.79. The number of nitrogens with two attached hydrogens (primary N) is 1. The third kappa shape index (κ3) is 2.20. The Morgan fingerprint density at radius 1 is 1.33 bits per heavy atom. The molecule has 1 amide bonds. The first kappa shape index (κ1) is 12.2. The summed E-state index contributed by atoms with van der Waals surface area (Å²) in [4.78, 5) is 12.1. The number of nitrogen functional groups attached to an aromatic ring is 1. The molecule has 0 saturated heterocycles. The quantitative estimate of drug-likeness (QED) is 0.847. The molecule has 0 radical (unpaired) electrons. The summed E-state index contributed by atoms with van der Waals surface area (Å²) >= 11 is 0. The van der Waals surface area contributed by atoms with Crippen LogP contribution in [0.2, 0.25) is 0 Å². The first-order valence-electron chi connectivity index (χ1n) is 5.65. The second-order valence-electron chi connectivity index (χ2n) is 4.33. The third-order valence-electron chi connectivity index (χ3n) is 2.79. The van der Waals surface area contributed by atoms with Crippen LogP contribution in [0.5, 0.6) is 0 Å². The van der Waals surface area contributed by atoms with E-state index in [-0.39, 0.29) is 11.6 Å². The molecule has 0 fully saturated rings. The number of anilines is 2. The lowest BCUT2D eigenvalue weighted by atomic mass is 10.1. The molecule has 0 unspecified atom stereocenters. The van der Waals surface area contributed by atoms with Crippen molar-refractivity contribution in [1.82, 2.24) is 9.78 Å². The van der Waals surface area contributed by atoms with E-state index in [2.05, 4.69) is 10.4 Å². The van der Waals surface area contributed by atoms with Crippen LogP contribution >= 0.6 is 0 Å². The smallest absolute Gasteiger partial charge is 0.278 e. The Bertz CT molecular complexity index is 581. The predicted octanol–water partition coefficient (Wildman–Crippen LogP) is 1.87. The van der Waals surface area contributed by atoms with Crippen LogP contribution in [0, 0.1) is 13.8 Å². The topological polar surface area (TPSA) is 72.9 Å². The lowest BCUT2D eigenvalue weighted by Gasteiger charge is -2.10. The van der Waals surface area contributed by atoms with Gasteiger partial charge in [-0.1, -0.05) is 18.2 Å². The van der Waals surface area contributed by atoms with E-state index in [9.17, 15) is 4.79 Å². The molecular weight excluding hydrogens is 228 g/mol. The molecule has 5 heteroatoms.